The van der Waals surface area contributed by atoms with Crippen LogP contribution in [0, 0.1) is 5.92 Å². The second-order valence-corrected chi connectivity index (χ2v) is 9.83. The highest BCUT2D eigenvalue weighted by molar-refractivity contribution is 8.22. The normalized spacial score (nSPS) is 26.0. The van der Waals surface area contributed by atoms with Gasteiger partial charge in [-0.3, -0.25) is 13.9 Å². The summed E-state index contributed by atoms with van der Waals surface area (Å²) >= 11 is 0. The highest BCUT2D eigenvalue weighted by Crippen LogP contribution is 2.48. The summed E-state index contributed by atoms with van der Waals surface area (Å²) in [6, 6.07) is 1.75. The van der Waals surface area contributed by atoms with Crippen LogP contribution >= 0.6 is 10.8 Å². The van der Waals surface area contributed by atoms with Crippen molar-refractivity contribution in [2.45, 2.75) is 64.5 Å². The maximum Gasteiger partial charge on any atom is 0.273 e. The van der Waals surface area contributed by atoms with Crippen molar-refractivity contribution in [2.24, 2.45) is 5.92 Å². The number of hydrogen-bond acceptors (Lipinski definition) is 6. The van der Waals surface area contributed by atoms with Crippen LogP contribution in [0.25, 0.3) is 0 Å². The molecule has 1 aromatic heterocycles. The molecule has 0 aromatic carbocycles. The van der Waals surface area contributed by atoms with Crippen molar-refractivity contribution < 1.29 is 18.4 Å². The van der Waals surface area contributed by atoms with E-state index >= 15 is 0 Å². The van der Waals surface area contributed by atoms with Crippen LogP contribution in [-0.2, 0) is 0 Å². The second kappa shape index (κ2) is 7.26. The molecule has 1 aromatic rings. The Morgan fingerprint density at radius 3 is 2.76 bits per heavy atom. The number of amides is 1. The Hall–Kier alpha value is -1.09. The lowest BCUT2D eigenvalue weighted by Gasteiger charge is -2.50. The molecular weight excluding hydrogens is 342 g/mol. The predicted octanol–water partition coefficient (Wildman–Crippen LogP) is 3.46. The fourth-order valence-electron chi connectivity index (χ4n) is 3.47. The third-order valence-electron chi connectivity index (χ3n) is 4.82. The quantitative estimate of drug-likeness (QED) is 0.708. The number of rotatable bonds is 6. The van der Waals surface area contributed by atoms with E-state index in [4.69, 9.17) is 4.52 Å². The highest BCUT2D eigenvalue weighted by atomic mass is 32.3. The lowest BCUT2D eigenvalue weighted by molar-refractivity contribution is 0.0903. The highest BCUT2D eigenvalue weighted by Gasteiger charge is 2.35. The lowest BCUT2D eigenvalue weighted by Crippen LogP contribution is -2.50. The first-order valence-corrected chi connectivity index (χ1v) is 10.7. The molecule has 1 saturated carbocycles. The van der Waals surface area contributed by atoms with Gasteiger partial charge in [0.2, 0.25) is 0 Å². The Bertz CT molecular complexity index is 615. The second-order valence-electron chi connectivity index (χ2n) is 7.77. The zero-order valence-corrected chi connectivity index (χ0v) is 16.0. The molecule has 2 aliphatic rings. The molecule has 2 atom stereocenters. The van der Waals surface area contributed by atoms with E-state index in [0.717, 1.165) is 18.6 Å². The molecule has 1 aliphatic carbocycles. The van der Waals surface area contributed by atoms with Gasteiger partial charge in [-0.2, -0.15) is 0 Å². The van der Waals surface area contributed by atoms with Gasteiger partial charge in [0.05, 0.1) is 5.75 Å². The minimum Gasteiger partial charge on any atom is -0.360 e. The smallest absolute Gasteiger partial charge is 0.273 e. The fraction of sp³-hybridized carbons (Fsp3) is 0.765. The monoisotopic (exact) mass is 371 g/mol. The van der Waals surface area contributed by atoms with Gasteiger partial charge in [-0.1, -0.05) is 19.0 Å². The van der Waals surface area contributed by atoms with E-state index in [9.17, 15) is 13.9 Å². The summed E-state index contributed by atoms with van der Waals surface area (Å²) in [5.41, 5.74) is 0.334. The van der Waals surface area contributed by atoms with E-state index in [0.29, 0.717) is 36.8 Å². The number of carbonyl (C=O) groups excluding carboxylic acids is 1. The molecule has 0 bridgehead atoms. The predicted molar refractivity (Wildman–Crippen MR) is 97.7 cm³/mol. The van der Waals surface area contributed by atoms with Gasteiger partial charge in [0.1, 0.15) is 5.76 Å². The summed E-state index contributed by atoms with van der Waals surface area (Å²) in [5.74, 6) is 1.63. The molecule has 0 radical (unpaired) electrons. The number of piperidine rings is 1. The maximum absolute atomic E-state index is 12.4. The third-order valence-corrected chi connectivity index (χ3v) is 7.23. The first-order valence-electron chi connectivity index (χ1n) is 9.06. The summed E-state index contributed by atoms with van der Waals surface area (Å²) in [4.78, 5) is 12.4. The number of nitrogens with one attached hydrogen (secondary N) is 1. The number of nitrogens with zero attached hydrogens (tertiary/aromatic N) is 2. The standard InChI is InChI=1S/C17H29N3O4S/c1-11(2)10-25(22,23)20-7-6-14(8-12(20)3)18-17(21)15-9-16(24-19-15)13-4-5-13/h9,11-14,22-23H,4-8,10H2,1-3H3,(H,18,21)/t12-,14-/m0/s1. The molecule has 8 heteroatoms. The van der Waals surface area contributed by atoms with Crippen LogP contribution < -0.4 is 5.32 Å². The van der Waals surface area contributed by atoms with Gasteiger partial charge >= 0.3 is 0 Å². The summed E-state index contributed by atoms with van der Waals surface area (Å²) in [6.45, 7) is 6.51. The lowest BCUT2D eigenvalue weighted by atomic mass is 10.0. The zero-order chi connectivity index (χ0) is 18.2. The Labute approximate surface area is 150 Å². The Morgan fingerprint density at radius 1 is 1.44 bits per heavy atom. The average Bonchev–Trinajstić information content (AvgIpc) is 3.22. The van der Waals surface area contributed by atoms with E-state index in [1.165, 1.54) is 0 Å². The molecule has 25 heavy (non-hydrogen) atoms. The Balaban J connectivity index is 1.54. The van der Waals surface area contributed by atoms with E-state index in [-0.39, 0.29) is 23.9 Å². The molecule has 142 valence electrons. The van der Waals surface area contributed by atoms with Gasteiger partial charge in [-0.15, -0.1) is 10.8 Å². The van der Waals surface area contributed by atoms with Crippen molar-refractivity contribution in [3.63, 3.8) is 0 Å². The fourth-order valence-corrected chi connectivity index (χ4v) is 5.62. The van der Waals surface area contributed by atoms with Crippen LogP contribution in [-0.4, -0.2) is 48.9 Å². The van der Waals surface area contributed by atoms with Crippen molar-refractivity contribution in [2.75, 3.05) is 12.3 Å². The Kier molecular flexibility index (Phi) is 5.43. The van der Waals surface area contributed by atoms with Crippen molar-refractivity contribution in [3.05, 3.63) is 17.5 Å². The molecule has 2 fully saturated rings. The van der Waals surface area contributed by atoms with Crippen LogP contribution in [0.1, 0.15) is 68.6 Å². The van der Waals surface area contributed by atoms with Gasteiger partial charge in [-0.05, 0) is 38.5 Å². The number of carbonyl (C=O) groups is 1. The average molecular weight is 372 g/mol. The van der Waals surface area contributed by atoms with Gasteiger partial charge < -0.3 is 9.84 Å². The minimum absolute atomic E-state index is 0.00198. The first-order chi connectivity index (χ1) is 11.8. The minimum atomic E-state index is -2.74. The van der Waals surface area contributed by atoms with E-state index in [1.54, 1.807) is 10.4 Å². The van der Waals surface area contributed by atoms with Crippen molar-refractivity contribution in [1.29, 1.82) is 0 Å². The van der Waals surface area contributed by atoms with Gasteiger partial charge in [0.25, 0.3) is 5.91 Å². The van der Waals surface area contributed by atoms with Crippen LogP contribution in [0.15, 0.2) is 10.6 Å². The summed E-state index contributed by atoms with van der Waals surface area (Å²) in [5, 5.41) is 6.88. The third kappa shape index (κ3) is 4.55. The molecule has 3 N–H and O–H groups in total. The molecule has 7 nitrogen and oxygen atoms in total. The summed E-state index contributed by atoms with van der Waals surface area (Å²) < 4.78 is 27.9. The number of hydrogen-bond donors (Lipinski definition) is 3. The van der Waals surface area contributed by atoms with Crippen molar-refractivity contribution >= 4 is 16.7 Å². The molecule has 0 spiro atoms. The number of aromatic nitrogens is 1. The largest absolute Gasteiger partial charge is 0.360 e. The molecule has 0 unspecified atom stereocenters. The molecule has 1 aliphatic heterocycles. The molecular formula is C17H29N3O4S. The zero-order valence-electron chi connectivity index (χ0n) is 15.1. The van der Waals surface area contributed by atoms with Crippen LogP contribution in [0.2, 0.25) is 0 Å². The first kappa shape index (κ1) is 18.7. The molecule has 1 amide bonds. The molecule has 1 saturated heterocycles. The SMILES string of the molecule is CC(C)CS(O)(O)N1CC[C@H](NC(=O)c2cc(C3CC3)on2)C[C@@H]1C. The summed E-state index contributed by atoms with van der Waals surface area (Å²) in [6.07, 6.45) is 3.59. The van der Waals surface area contributed by atoms with Gasteiger partial charge in [-0.25, -0.2) is 4.31 Å². The Morgan fingerprint density at radius 2 is 2.16 bits per heavy atom. The van der Waals surface area contributed by atoms with E-state index in [2.05, 4.69) is 10.5 Å². The van der Waals surface area contributed by atoms with Crippen molar-refractivity contribution in [3.8, 4) is 0 Å². The topological polar surface area (TPSA) is 98.8 Å². The van der Waals surface area contributed by atoms with Gasteiger partial charge in [0.15, 0.2) is 5.69 Å². The molecule has 3 rings (SSSR count). The van der Waals surface area contributed by atoms with Gasteiger partial charge in [0, 0.05) is 30.6 Å². The van der Waals surface area contributed by atoms with E-state index in [1.807, 2.05) is 20.8 Å². The maximum atomic E-state index is 12.4. The van der Waals surface area contributed by atoms with Crippen LogP contribution in [0.3, 0.4) is 0 Å². The van der Waals surface area contributed by atoms with Crippen molar-refractivity contribution in [1.82, 2.24) is 14.8 Å². The van der Waals surface area contributed by atoms with Crippen LogP contribution in [0.4, 0.5) is 0 Å². The summed E-state index contributed by atoms with van der Waals surface area (Å²) in [7, 11) is -2.74. The molecule has 2 heterocycles. The van der Waals surface area contributed by atoms with Crippen LogP contribution in [0.5, 0.6) is 0 Å². The van der Waals surface area contributed by atoms with E-state index < -0.39 is 10.8 Å².